The van der Waals surface area contributed by atoms with Crippen molar-refractivity contribution in [3.8, 4) is 0 Å². The lowest BCUT2D eigenvalue weighted by Gasteiger charge is -2.29. The topological polar surface area (TPSA) is 35.6 Å². The van der Waals surface area contributed by atoms with Gasteiger partial charge in [0.25, 0.3) is 0 Å². The number of nitrogens with one attached hydrogen (secondary N) is 1. The third kappa shape index (κ3) is 3.46. The Balaban J connectivity index is 2.46. The highest BCUT2D eigenvalue weighted by molar-refractivity contribution is 5.78. The van der Waals surface area contributed by atoms with Gasteiger partial charge in [0.2, 0.25) is 5.91 Å². The average molecular weight is 227 g/mol. The van der Waals surface area contributed by atoms with E-state index in [9.17, 15) is 4.79 Å². The van der Waals surface area contributed by atoms with Crippen molar-refractivity contribution in [2.24, 2.45) is 0 Å². The van der Waals surface area contributed by atoms with Gasteiger partial charge in [-0.05, 0) is 33.4 Å². The molecule has 1 N–H and O–H groups in total. The number of rotatable bonds is 5. The van der Waals surface area contributed by atoms with Crippen molar-refractivity contribution in [1.82, 2.24) is 15.1 Å². The minimum Gasteiger partial charge on any atom is -0.342 e. The molecule has 0 aromatic heterocycles. The molecule has 1 unspecified atom stereocenters. The molecule has 4 heteroatoms. The molecule has 1 saturated heterocycles. The van der Waals surface area contributed by atoms with Crippen LogP contribution in [0.15, 0.2) is 0 Å². The Hall–Kier alpha value is -0.610. The van der Waals surface area contributed by atoms with E-state index in [1.165, 1.54) is 0 Å². The number of likely N-dealkylation sites (N-methyl/N-ethyl adjacent to an activating group) is 2. The molecular formula is C12H25N3O. The Morgan fingerprint density at radius 3 is 2.62 bits per heavy atom. The van der Waals surface area contributed by atoms with Crippen LogP contribution in [0.5, 0.6) is 0 Å². The highest BCUT2D eigenvalue weighted by Crippen LogP contribution is 2.08. The maximum atomic E-state index is 12.0. The summed E-state index contributed by atoms with van der Waals surface area (Å²) in [5, 5.41) is 3.35. The molecule has 94 valence electrons. The number of amides is 1. The van der Waals surface area contributed by atoms with Gasteiger partial charge >= 0.3 is 0 Å². The molecule has 0 radical (unpaired) electrons. The monoisotopic (exact) mass is 227 g/mol. The molecule has 1 atom stereocenters. The van der Waals surface area contributed by atoms with Gasteiger partial charge in [-0.15, -0.1) is 0 Å². The van der Waals surface area contributed by atoms with E-state index in [-0.39, 0.29) is 11.9 Å². The first kappa shape index (κ1) is 13.5. The van der Waals surface area contributed by atoms with Crippen molar-refractivity contribution in [3.63, 3.8) is 0 Å². The molecule has 1 heterocycles. The summed E-state index contributed by atoms with van der Waals surface area (Å²) in [5.41, 5.74) is 0. The summed E-state index contributed by atoms with van der Waals surface area (Å²) in [6, 6.07) is 0.822. The standard InChI is InChI=1S/C12H25N3O/c1-5-15(11-6-7-13-8-11)9-12(16)14(4)10(2)3/h10-11,13H,5-9H2,1-4H3. The van der Waals surface area contributed by atoms with Crippen LogP contribution in [0.4, 0.5) is 0 Å². The quantitative estimate of drug-likeness (QED) is 0.744. The van der Waals surface area contributed by atoms with Crippen LogP contribution in [0.25, 0.3) is 0 Å². The van der Waals surface area contributed by atoms with E-state index < -0.39 is 0 Å². The van der Waals surface area contributed by atoms with E-state index >= 15 is 0 Å². The first-order valence-corrected chi connectivity index (χ1v) is 6.26. The van der Waals surface area contributed by atoms with Gasteiger partial charge in [0.1, 0.15) is 0 Å². The minimum absolute atomic E-state index is 0.226. The second kappa shape index (κ2) is 6.21. The lowest BCUT2D eigenvalue weighted by Crippen LogP contribution is -2.45. The molecule has 16 heavy (non-hydrogen) atoms. The maximum Gasteiger partial charge on any atom is 0.236 e. The molecule has 1 aliphatic rings. The van der Waals surface area contributed by atoms with Crippen molar-refractivity contribution >= 4 is 5.91 Å². The van der Waals surface area contributed by atoms with Gasteiger partial charge in [-0.3, -0.25) is 9.69 Å². The molecule has 4 nitrogen and oxygen atoms in total. The molecule has 1 fully saturated rings. The summed E-state index contributed by atoms with van der Waals surface area (Å²) >= 11 is 0. The van der Waals surface area contributed by atoms with Gasteiger partial charge in [-0.2, -0.15) is 0 Å². The van der Waals surface area contributed by atoms with Gasteiger partial charge in [0.15, 0.2) is 0 Å². The van der Waals surface area contributed by atoms with Crippen LogP contribution in [0, 0.1) is 0 Å². The zero-order chi connectivity index (χ0) is 12.1. The van der Waals surface area contributed by atoms with Crippen molar-refractivity contribution < 1.29 is 4.79 Å². The van der Waals surface area contributed by atoms with E-state index in [0.29, 0.717) is 12.6 Å². The summed E-state index contributed by atoms with van der Waals surface area (Å²) in [6.07, 6.45) is 1.16. The fourth-order valence-electron chi connectivity index (χ4n) is 2.02. The smallest absolute Gasteiger partial charge is 0.236 e. The second-order valence-corrected chi connectivity index (χ2v) is 4.81. The number of carbonyl (C=O) groups is 1. The Kier molecular flexibility index (Phi) is 5.22. The Bertz CT molecular complexity index is 224. The van der Waals surface area contributed by atoms with Crippen LogP contribution in [-0.2, 0) is 4.79 Å². The molecule has 0 spiro atoms. The van der Waals surface area contributed by atoms with Crippen molar-refractivity contribution in [2.45, 2.75) is 39.3 Å². The summed E-state index contributed by atoms with van der Waals surface area (Å²) in [5.74, 6) is 0.226. The molecule has 0 saturated carbocycles. The molecule has 0 aliphatic carbocycles. The lowest BCUT2D eigenvalue weighted by molar-refractivity contribution is -0.133. The predicted molar refractivity (Wildman–Crippen MR) is 66.4 cm³/mol. The van der Waals surface area contributed by atoms with Gasteiger partial charge in [-0.25, -0.2) is 0 Å². The fraction of sp³-hybridized carbons (Fsp3) is 0.917. The predicted octanol–water partition coefficient (Wildman–Crippen LogP) is 0.537. The van der Waals surface area contributed by atoms with Gasteiger partial charge < -0.3 is 10.2 Å². The number of nitrogens with zero attached hydrogens (tertiary/aromatic N) is 2. The van der Waals surface area contributed by atoms with Crippen LogP contribution < -0.4 is 5.32 Å². The zero-order valence-corrected chi connectivity index (χ0v) is 11.0. The molecule has 1 aliphatic heterocycles. The summed E-state index contributed by atoms with van der Waals surface area (Å²) < 4.78 is 0. The van der Waals surface area contributed by atoms with Crippen molar-refractivity contribution in [2.75, 3.05) is 33.2 Å². The second-order valence-electron chi connectivity index (χ2n) is 4.81. The van der Waals surface area contributed by atoms with E-state index in [0.717, 1.165) is 26.1 Å². The summed E-state index contributed by atoms with van der Waals surface area (Å²) in [6.45, 7) is 9.82. The normalized spacial score (nSPS) is 20.8. The van der Waals surface area contributed by atoms with E-state index in [2.05, 4.69) is 17.1 Å². The molecule has 0 aromatic rings. The molecule has 0 aromatic carbocycles. The van der Waals surface area contributed by atoms with Crippen LogP contribution in [-0.4, -0.2) is 61.0 Å². The van der Waals surface area contributed by atoms with E-state index in [1.807, 2.05) is 25.8 Å². The van der Waals surface area contributed by atoms with Gasteiger partial charge in [0.05, 0.1) is 6.54 Å². The Labute approximate surface area is 99.0 Å². The number of hydrogen-bond acceptors (Lipinski definition) is 3. The van der Waals surface area contributed by atoms with Crippen molar-refractivity contribution in [1.29, 1.82) is 0 Å². The number of hydrogen-bond donors (Lipinski definition) is 1. The Morgan fingerprint density at radius 1 is 1.50 bits per heavy atom. The molecular weight excluding hydrogens is 202 g/mol. The maximum absolute atomic E-state index is 12.0. The highest BCUT2D eigenvalue weighted by atomic mass is 16.2. The average Bonchev–Trinajstić information content (AvgIpc) is 2.77. The molecule has 1 amide bonds. The third-order valence-electron chi connectivity index (χ3n) is 3.46. The SMILES string of the molecule is CCN(CC(=O)N(C)C(C)C)C1CCNC1. The number of carbonyl (C=O) groups excluding carboxylic acids is 1. The molecule has 0 bridgehead atoms. The zero-order valence-electron chi connectivity index (χ0n) is 11.0. The minimum atomic E-state index is 0.226. The van der Waals surface area contributed by atoms with Gasteiger partial charge in [-0.1, -0.05) is 6.92 Å². The third-order valence-corrected chi connectivity index (χ3v) is 3.46. The van der Waals surface area contributed by atoms with E-state index in [1.54, 1.807) is 0 Å². The first-order chi connectivity index (χ1) is 7.56. The van der Waals surface area contributed by atoms with Gasteiger partial charge in [0, 0.05) is 25.7 Å². The summed E-state index contributed by atoms with van der Waals surface area (Å²) in [7, 11) is 1.88. The van der Waals surface area contributed by atoms with Crippen molar-refractivity contribution in [3.05, 3.63) is 0 Å². The van der Waals surface area contributed by atoms with Crippen LogP contribution in [0.1, 0.15) is 27.2 Å². The van der Waals surface area contributed by atoms with E-state index in [4.69, 9.17) is 0 Å². The fourth-order valence-corrected chi connectivity index (χ4v) is 2.02. The lowest BCUT2D eigenvalue weighted by atomic mass is 10.2. The largest absolute Gasteiger partial charge is 0.342 e. The molecule has 1 rings (SSSR count). The highest BCUT2D eigenvalue weighted by Gasteiger charge is 2.24. The van der Waals surface area contributed by atoms with Crippen LogP contribution in [0.2, 0.25) is 0 Å². The van der Waals surface area contributed by atoms with Crippen LogP contribution in [0.3, 0.4) is 0 Å². The first-order valence-electron chi connectivity index (χ1n) is 6.26. The summed E-state index contributed by atoms with van der Waals surface area (Å²) in [4.78, 5) is 16.1. The van der Waals surface area contributed by atoms with Crippen LogP contribution >= 0.6 is 0 Å². The Morgan fingerprint density at radius 2 is 2.19 bits per heavy atom.